The first kappa shape index (κ1) is 15.9. The molecule has 114 valence electrons. The summed E-state index contributed by atoms with van der Waals surface area (Å²) in [4.78, 5) is 25.0. The van der Waals surface area contributed by atoms with E-state index in [4.69, 9.17) is 0 Å². The van der Waals surface area contributed by atoms with Gasteiger partial charge in [-0.2, -0.15) is 0 Å². The number of rotatable bonds is 5. The number of nitrogens with one attached hydrogen (secondary N) is 2. The summed E-state index contributed by atoms with van der Waals surface area (Å²) < 4.78 is 0. The highest BCUT2D eigenvalue weighted by atomic mass is 32.2. The number of thioether (sulfide) groups is 1. The Morgan fingerprint density at radius 1 is 1.29 bits per heavy atom. The van der Waals surface area contributed by atoms with Crippen LogP contribution < -0.4 is 10.6 Å². The molecule has 0 aliphatic heterocycles. The molecule has 2 N–H and O–H groups in total. The molecule has 1 saturated carbocycles. The fourth-order valence-corrected chi connectivity index (χ4v) is 3.29. The van der Waals surface area contributed by atoms with Crippen LogP contribution >= 0.6 is 11.8 Å². The molecule has 21 heavy (non-hydrogen) atoms. The number of hydrogen-bond acceptors (Lipinski definition) is 3. The Labute approximate surface area is 130 Å². The summed E-state index contributed by atoms with van der Waals surface area (Å²) in [5.74, 6) is -0.0205. The van der Waals surface area contributed by atoms with Gasteiger partial charge in [-0.05, 0) is 43.2 Å². The second-order valence-electron chi connectivity index (χ2n) is 5.44. The van der Waals surface area contributed by atoms with Gasteiger partial charge in [-0.15, -0.1) is 11.8 Å². The molecule has 0 radical (unpaired) electrons. The standard InChI is InChI=1S/C16H22N2O2S/c1-11(19)17-15(12-6-3-4-7-12)16(20)18-13-8-5-9-14(10-13)21-2/h5,8-10,12,15H,3-4,6-7H2,1-2H3,(H,17,19)(H,18,20). The van der Waals surface area contributed by atoms with Gasteiger partial charge in [0.1, 0.15) is 6.04 Å². The van der Waals surface area contributed by atoms with Crippen molar-refractivity contribution in [3.8, 4) is 0 Å². The lowest BCUT2D eigenvalue weighted by atomic mass is 9.97. The Bertz CT molecular complexity index is 513. The second kappa shape index (κ2) is 7.50. The minimum Gasteiger partial charge on any atom is -0.344 e. The summed E-state index contributed by atoms with van der Waals surface area (Å²) in [5.41, 5.74) is 0.778. The van der Waals surface area contributed by atoms with Gasteiger partial charge in [0.25, 0.3) is 0 Å². The molecule has 1 aliphatic rings. The Morgan fingerprint density at radius 3 is 2.62 bits per heavy atom. The van der Waals surface area contributed by atoms with Crippen molar-refractivity contribution in [2.75, 3.05) is 11.6 Å². The highest BCUT2D eigenvalue weighted by Gasteiger charge is 2.31. The predicted molar refractivity (Wildman–Crippen MR) is 86.4 cm³/mol. The van der Waals surface area contributed by atoms with Crippen molar-refractivity contribution in [2.24, 2.45) is 5.92 Å². The minimum absolute atomic E-state index is 0.115. The van der Waals surface area contributed by atoms with E-state index in [2.05, 4.69) is 10.6 Å². The topological polar surface area (TPSA) is 58.2 Å². The van der Waals surface area contributed by atoms with Gasteiger partial charge in [-0.3, -0.25) is 9.59 Å². The van der Waals surface area contributed by atoms with Crippen LogP contribution in [0, 0.1) is 5.92 Å². The van der Waals surface area contributed by atoms with Gasteiger partial charge in [0.15, 0.2) is 0 Å². The lowest BCUT2D eigenvalue weighted by molar-refractivity contribution is -0.126. The van der Waals surface area contributed by atoms with E-state index in [1.54, 1.807) is 11.8 Å². The molecule has 0 aromatic heterocycles. The number of carbonyl (C=O) groups excluding carboxylic acids is 2. The van der Waals surface area contributed by atoms with Crippen molar-refractivity contribution >= 4 is 29.3 Å². The van der Waals surface area contributed by atoms with Gasteiger partial charge in [-0.25, -0.2) is 0 Å². The Morgan fingerprint density at radius 2 is 2.00 bits per heavy atom. The molecule has 0 bridgehead atoms. The zero-order valence-corrected chi connectivity index (χ0v) is 13.3. The van der Waals surface area contributed by atoms with Crippen LogP contribution in [0.1, 0.15) is 32.6 Å². The summed E-state index contributed by atoms with van der Waals surface area (Å²) >= 11 is 1.63. The number of hydrogen-bond donors (Lipinski definition) is 2. The van der Waals surface area contributed by atoms with Gasteiger partial charge in [-0.1, -0.05) is 18.9 Å². The highest BCUT2D eigenvalue weighted by molar-refractivity contribution is 7.98. The van der Waals surface area contributed by atoms with Crippen LogP contribution in [0.2, 0.25) is 0 Å². The van der Waals surface area contributed by atoms with Crippen molar-refractivity contribution in [3.05, 3.63) is 24.3 Å². The molecular weight excluding hydrogens is 284 g/mol. The summed E-state index contributed by atoms with van der Waals surface area (Å²) in [6.45, 7) is 1.46. The zero-order chi connectivity index (χ0) is 15.2. The number of amides is 2. The predicted octanol–water partition coefficient (Wildman–Crippen LogP) is 3.04. The summed E-state index contributed by atoms with van der Waals surface area (Å²) in [7, 11) is 0. The SMILES string of the molecule is CSc1cccc(NC(=O)C(NC(C)=O)C2CCCC2)c1. The molecule has 1 atom stereocenters. The number of benzene rings is 1. The molecule has 0 saturated heterocycles. The molecule has 1 aromatic carbocycles. The molecule has 1 aromatic rings. The quantitative estimate of drug-likeness (QED) is 0.822. The molecular formula is C16H22N2O2S. The van der Waals surface area contributed by atoms with E-state index in [0.717, 1.165) is 36.3 Å². The fourth-order valence-electron chi connectivity index (χ4n) is 2.83. The van der Waals surface area contributed by atoms with Crippen molar-refractivity contribution in [3.63, 3.8) is 0 Å². The Balaban J connectivity index is 2.07. The molecule has 5 heteroatoms. The highest BCUT2D eigenvalue weighted by Crippen LogP contribution is 2.28. The number of anilines is 1. The largest absolute Gasteiger partial charge is 0.344 e. The van der Waals surface area contributed by atoms with Gasteiger partial charge in [0.2, 0.25) is 11.8 Å². The van der Waals surface area contributed by atoms with Crippen molar-refractivity contribution in [1.29, 1.82) is 0 Å². The fraction of sp³-hybridized carbons (Fsp3) is 0.500. The van der Waals surface area contributed by atoms with Crippen LogP contribution in [-0.4, -0.2) is 24.1 Å². The zero-order valence-electron chi connectivity index (χ0n) is 12.5. The van der Waals surface area contributed by atoms with Gasteiger partial charge >= 0.3 is 0 Å². The summed E-state index contributed by atoms with van der Waals surface area (Å²) in [6.07, 6.45) is 6.28. The van der Waals surface area contributed by atoms with E-state index in [1.807, 2.05) is 30.5 Å². The average Bonchev–Trinajstić information content (AvgIpc) is 2.98. The Kier molecular flexibility index (Phi) is 5.67. The first-order valence-corrected chi connectivity index (χ1v) is 8.54. The van der Waals surface area contributed by atoms with E-state index in [-0.39, 0.29) is 17.7 Å². The maximum Gasteiger partial charge on any atom is 0.247 e. The lowest BCUT2D eigenvalue weighted by Gasteiger charge is -2.23. The maximum absolute atomic E-state index is 12.5. The van der Waals surface area contributed by atoms with Gasteiger partial charge in [0, 0.05) is 17.5 Å². The molecule has 4 nitrogen and oxygen atoms in total. The monoisotopic (exact) mass is 306 g/mol. The van der Waals surface area contributed by atoms with Crippen LogP contribution in [0.3, 0.4) is 0 Å². The lowest BCUT2D eigenvalue weighted by Crippen LogP contribution is -2.47. The van der Waals surface area contributed by atoms with Crippen molar-refractivity contribution in [2.45, 2.75) is 43.5 Å². The number of carbonyl (C=O) groups is 2. The average molecular weight is 306 g/mol. The van der Waals surface area contributed by atoms with Crippen LogP contribution in [0.4, 0.5) is 5.69 Å². The normalized spacial score (nSPS) is 16.5. The van der Waals surface area contributed by atoms with E-state index >= 15 is 0 Å². The third-order valence-corrected chi connectivity index (χ3v) is 4.58. The van der Waals surface area contributed by atoms with Crippen LogP contribution in [0.25, 0.3) is 0 Å². The molecule has 0 heterocycles. The third kappa shape index (κ3) is 4.49. The molecule has 1 unspecified atom stereocenters. The second-order valence-corrected chi connectivity index (χ2v) is 6.32. The van der Waals surface area contributed by atoms with E-state index in [1.165, 1.54) is 6.92 Å². The maximum atomic E-state index is 12.5. The first-order chi connectivity index (χ1) is 10.1. The summed E-state index contributed by atoms with van der Waals surface area (Å²) in [6, 6.07) is 7.31. The van der Waals surface area contributed by atoms with Crippen LogP contribution in [-0.2, 0) is 9.59 Å². The van der Waals surface area contributed by atoms with Crippen molar-refractivity contribution in [1.82, 2.24) is 5.32 Å². The van der Waals surface area contributed by atoms with E-state index in [0.29, 0.717) is 0 Å². The molecule has 2 rings (SSSR count). The molecule has 2 amide bonds. The summed E-state index contributed by atoms with van der Waals surface area (Å²) in [5, 5.41) is 5.75. The van der Waals surface area contributed by atoms with Crippen molar-refractivity contribution < 1.29 is 9.59 Å². The third-order valence-electron chi connectivity index (χ3n) is 3.85. The molecule has 1 fully saturated rings. The molecule has 1 aliphatic carbocycles. The smallest absolute Gasteiger partial charge is 0.247 e. The first-order valence-electron chi connectivity index (χ1n) is 7.32. The Hall–Kier alpha value is -1.49. The van der Waals surface area contributed by atoms with Gasteiger partial charge < -0.3 is 10.6 Å². The van der Waals surface area contributed by atoms with Crippen LogP contribution in [0.15, 0.2) is 29.2 Å². The van der Waals surface area contributed by atoms with Gasteiger partial charge in [0.05, 0.1) is 0 Å². The van der Waals surface area contributed by atoms with E-state index in [9.17, 15) is 9.59 Å². The van der Waals surface area contributed by atoms with Crippen LogP contribution in [0.5, 0.6) is 0 Å². The van der Waals surface area contributed by atoms with E-state index < -0.39 is 6.04 Å². The minimum atomic E-state index is -0.428. The molecule has 0 spiro atoms.